The van der Waals surface area contributed by atoms with Crippen molar-refractivity contribution in [2.45, 2.75) is 72.4 Å². The highest BCUT2D eigenvalue weighted by atomic mass is 15.2. The second-order valence-corrected chi connectivity index (χ2v) is 8.17. The van der Waals surface area contributed by atoms with Crippen molar-refractivity contribution in [3.8, 4) is 0 Å². The van der Waals surface area contributed by atoms with Gasteiger partial charge < -0.3 is 5.32 Å². The molecule has 0 radical (unpaired) electrons. The zero-order valence-corrected chi connectivity index (χ0v) is 14.4. The van der Waals surface area contributed by atoms with E-state index in [1.807, 2.05) is 0 Å². The van der Waals surface area contributed by atoms with Gasteiger partial charge in [-0.2, -0.15) is 0 Å². The third kappa shape index (κ3) is 4.21. The second kappa shape index (κ2) is 7.26. The van der Waals surface area contributed by atoms with Gasteiger partial charge in [-0.1, -0.05) is 47.5 Å². The molecule has 0 aromatic heterocycles. The van der Waals surface area contributed by atoms with Gasteiger partial charge >= 0.3 is 0 Å². The van der Waals surface area contributed by atoms with Crippen molar-refractivity contribution in [2.75, 3.05) is 19.6 Å². The van der Waals surface area contributed by atoms with E-state index < -0.39 is 0 Å². The van der Waals surface area contributed by atoms with Gasteiger partial charge in [0.25, 0.3) is 0 Å². The van der Waals surface area contributed by atoms with Gasteiger partial charge in [0, 0.05) is 31.7 Å². The summed E-state index contributed by atoms with van der Waals surface area (Å²) in [6.45, 7) is 15.7. The highest BCUT2D eigenvalue weighted by molar-refractivity contribution is 4.90. The minimum absolute atomic E-state index is 0.710. The van der Waals surface area contributed by atoms with Crippen LogP contribution in [0.25, 0.3) is 0 Å². The van der Waals surface area contributed by atoms with Crippen LogP contribution in [0.3, 0.4) is 0 Å². The van der Waals surface area contributed by atoms with Gasteiger partial charge in [0.2, 0.25) is 0 Å². The van der Waals surface area contributed by atoms with E-state index in [0.29, 0.717) is 6.04 Å². The Labute approximate surface area is 126 Å². The van der Waals surface area contributed by atoms with Gasteiger partial charge in [0.1, 0.15) is 0 Å². The molecule has 2 nitrogen and oxygen atoms in total. The molecule has 0 aromatic rings. The zero-order chi connectivity index (χ0) is 14.7. The lowest BCUT2D eigenvalue weighted by Gasteiger charge is -2.44. The van der Waals surface area contributed by atoms with Gasteiger partial charge in [-0.3, -0.25) is 4.90 Å². The van der Waals surface area contributed by atoms with Crippen LogP contribution < -0.4 is 5.32 Å². The van der Waals surface area contributed by atoms with Crippen molar-refractivity contribution < 1.29 is 0 Å². The van der Waals surface area contributed by atoms with Gasteiger partial charge in [-0.15, -0.1) is 0 Å². The van der Waals surface area contributed by atoms with Crippen LogP contribution >= 0.6 is 0 Å². The highest BCUT2D eigenvalue weighted by Crippen LogP contribution is 2.33. The summed E-state index contributed by atoms with van der Waals surface area (Å²) in [5.41, 5.74) is 0. The largest absolute Gasteiger partial charge is 0.311 e. The Morgan fingerprint density at radius 1 is 1.15 bits per heavy atom. The fourth-order valence-electron chi connectivity index (χ4n) is 4.29. The highest BCUT2D eigenvalue weighted by Gasteiger charge is 2.33. The Bertz CT molecular complexity index is 287. The third-order valence-electron chi connectivity index (χ3n) is 5.57. The van der Waals surface area contributed by atoms with Crippen molar-refractivity contribution in [3.05, 3.63) is 0 Å². The topological polar surface area (TPSA) is 15.3 Å². The molecule has 118 valence electrons. The zero-order valence-electron chi connectivity index (χ0n) is 14.4. The minimum atomic E-state index is 0.710. The summed E-state index contributed by atoms with van der Waals surface area (Å²) in [7, 11) is 0. The first kappa shape index (κ1) is 16.3. The first-order valence-electron chi connectivity index (χ1n) is 8.94. The Morgan fingerprint density at radius 3 is 2.45 bits per heavy atom. The maximum atomic E-state index is 3.81. The van der Waals surface area contributed by atoms with Crippen LogP contribution in [0.1, 0.15) is 60.3 Å². The maximum absolute atomic E-state index is 3.81. The molecule has 20 heavy (non-hydrogen) atoms. The molecule has 4 unspecified atom stereocenters. The van der Waals surface area contributed by atoms with Crippen LogP contribution in [-0.4, -0.2) is 36.6 Å². The SMILES string of the molecule is CC(C)CC1CN(CC2CCCC2C)C(C(C)C)CN1. The smallest absolute Gasteiger partial charge is 0.0244 e. The van der Waals surface area contributed by atoms with Crippen LogP contribution in [0.4, 0.5) is 0 Å². The van der Waals surface area contributed by atoms with E-state index in [1.54, 1.807) is 0 Å². The number of nitrogens with one attached hydrogen (secondary N) is 1. The predicted molar refractivity (Wildman–Crippen MR) is 87.9 cm³/mol. The number of rotatable bonds is 5. The molecule has 2 heteroatoms. The first-order chi connectivity index (χ1) is 9.47. The number of hydrogen-bond acceptors (Lipinski definition) is 2. The Morgan fingerprint density at radius 2 is 1.90 bits per heavy atom. The molecule has 0 bridgehead atoms. The molecular formula is C18H36N2. The molecule has 1 aliphatic heterocycles. The summed E-state index contributed by atoms with van der Waals surface area (Å²) in [4.78, 5) is 2.83. The van der Waals surface area contributed by atoms with E-state index in [4.69, 9.17) is 0 Å². The molecule has 1 saturated carbocycles. The Balaban J connectivity index is 1.95. The van der Waals surface area contributed by atoms with Crippen LogP contribution in [-0.2, 0) is 0 Å². The van der Waals surface area contributed by atoms with Crippen molar-refractivity contribution >= 4 is 0 Å². The number of nitrogens with zero attached hydrogens (tertiary/aromatic N) is 1. The summed E-state index contributed by atoms with van der Waals surface area (Å²) in [5.74, 6) is 3.46. The van der Waals surface area contributed by atoms with Gasteiger partial charge in [0.05, 0.1) is 0 Å². The molecule has 1 N–H and O–H groups in total. The molecule has 4 atom stereocenters. The lowest BCUT2D eigenvalue weighted by molar-refractivity contribution is 0.0706. The molecule has 0 aromatic carbocycles. The normalized spacial score (nSPS) is 36.1. The maximum Gasteiger partial charge on any atom is 0.0244 e. The molecule has 1 heterocycles. The fraction of sp³-hybridized carbons (Fsp3) is 1.00. The second-order valence-electron chi connectivity index (χ2n) is 8.17. The van der Waals surface area contributed by atoms with E-state index in [0.717, 1.165) is 29.7 Å². The first-order valence-corrected chi connectivity index (χ1v) is 8.94. The minimum Gasteiger partial charge on any atom is -0.311 e. The molecule has 0 spiro atoms. The summed E-state index contributed by atoms with van der Waals surface area (Å²) in [6, 6.07) is 1.45. The van der Waals surface area contributed by atoms with Crippen LogP contribution in [0.15, 0.2) is 0 Å². The van der Waals surface area contributed by atoms with E-state index in [2.05, 4.69) is 44.8 Å². The van der Waals surface area contributed by atoms with Crippen molar-refractivity contribution in [2.24, 2.45) is 23.7 Å². The monoisotopic (exact) mass is 280 g/mol. The van der Waals surface area contributed by atoms with Crippen LogP contribution in [0.2, 0.25) is 0 Å². The van der Waals surface area contributed by atoms with E-state index in [9.17, 15) is 0 Å². The third-order valence-corrected chi connectivity index (χ3v) is 5.57. The lowest BCUT2D eigenvalue weighted by Crippen LogP contribution is -2.59. The van der Waals surface area contributed by atoms with Gasteiger partial charge in [-0.05, 0) is 36.5 Å². The van der Waals surface area contributed by atoms with E-state index in [-0.39, 0.29) is 0 Å². The lowest BCUT2D eigenvalue weighted by atomic mass is 9.91. The van der Waals surface area contributed by atoms with Crippen molar-refractivity contribution in [1.82, 2.24) is 10.2 Å². The van der Waals surface area contributed by atoms with E-state index in [1.165, 1.54) is 45.3 Å². The number of hydrogen-bond donors (Lipinski definition) is 1. The summed E-state index contributed by atoms with van der Waals surface area (Å²) in [5, 5.41) is 3.81. The molecule has 1 saturated heterocycles. The summed E-state index contributed by atoms with van der Waals surface area (Å²) < 4.78 is 0. The molecule has 1 aliphatic carbocycles. The quantitative estimate of drug-likeness (QED) is 0.825. The fourth-order valence-corrected chi connectivity index (χ4v) is 4.29. The molecule has 2 rings (SSSR count). The molecular weight excluding hydrogens is 244 g/mol. The van der Waals surface area contributed by atoms with Crippen LogP contribution in [0, 0.1) is 23.7 Å². The Hall–Kier alpha value is -0.0800. The van der Waals surface area contributed by atoms with Crippen molar-refractivity contribution in [3.63, 3.8) is 0 Å². The van der Waals surface area contributed by atoms with Gasteiger partial charge in [0.15, 0.2) is 0 Å². The number of piperazine rings is 1. The summed E-state index contributed by atoms with van der Waals surface area (Å²) in [6.07, 6.45) is 5.70. The van der Waals surface area contributed by atoms with Gasteiger partial charge in [-0.25, -0.2) is 0 Å². The summed E-state index contributed by atoms with van der Waals surface area (Å²) >= 11 is 0. The molecule has 2 fully saturated rings. The van der Waals surface area contributed by atoms with E-state index >= 15 is 0 Å². The van der Waals surface area contributed by atoms with Crippen molar-refractivity contribution in [1.29, 1.82) is 0 Å². The average molecular weight is 280 g/mol. The van der Waals surface area contributed by atoms with Crippen LogP contribution in [0.5, 0.6) is 0 Å². The predicted octanol–water partition coefficient (Wildman–Crippen LogP) is 3.77. The molecule has 0 amide bonds. The Kier molecular flexibility index (Phi) is 5.92. The standard InChI is InChI=1S/C18H36N2/c1-13(2)9-17-12-20(18(10-19-17)14(3)4)11-16-8-6-7-15(16)5/h13-19H,6-12H2,1-5H3. The molecule has 2 aliphatic rings. The average Bonchev–Trinajstić information content (AvgIpc) is 2.74.